The number of nitrogens with two attached hydrogens (primary N) is 1. The molecule has 1 heteroatoms. The number of hydrogen-bond acceptors (Lipinski definition) is 1. The molecule has 3 aromatic carbocycles. The van der Waals surface area contributed by atoms with Crippen molar-refractivity contribution < 1.29 is 0 Å². The number of benzene rings is 3. The van der Waals surface area contributed by atoms with Gasteiger partial charge in [0.1, 0.15) is 0 Å². The van der Waals surface area contributed by atoms with Gasteiger partial charge in [-0.15, -0.1) is 0 Å². The summed E-state index contributed by atoms with van der Waals surface area (Å²) in [5.41, 5.74) is 13.4. The lowest BCUT2D eigenvalue weighted by Crippen LogP contribution is -2.22. The van der Waals surface area contributed by atoms with Crippen molar-refractivity contribution in [2.45, 2.75) is 12.3 Å². The topological polar surface area (TPSA) is 26.0 Å². The lowest BCUT2D eigenvalue weighted by atomic mass is 9.74. The second kappa shape index (κ2) is 4.23. The molecule has 0 saturated heterocycles. The van der Waals surface area contributed by atoms with Gasteiger partial charge in [-0.3, -0.25) is 0 Å². The van der Waals surface area contributed by atoms with E-state index < -0.39 is 0 Å². The van der Waals surface area contributed by atoms with Crippen LogP contribution in [0, 0.1) is 0 Å². The maximum atomic E-state index is 6.29. The van der Waals surface area contributed by atoms with Crippen LogP contribution in [-0.2, 0) is 5.41 Å². The molecule has 0 aromatic heterocycles. The van der Waals surface area contributed by atoms with Crippen molar-refractivity contribution >= 4 is 5.69 Å². The number of fused-ring (bicyclic) bond motifs is 3. The summed E-state index contributed by atoms with van der Waals surface area (Å²) in [6, 6.07) is 25.5. The molecule has 0 spiro atoms. The Morgan fingerprint density at radius 3 is 2.19 bits per heavy atom. The molecular formula is C20H17N. The van der Waals surface area contributed by atoms with Crippen LogP contribution in [0.25, 0.3) is 11.1 Å². The smallest absolute Gasteiger partial charge is 0.0436 e. The lowest BCUT2D eigenvalue weighted by molar-refractivity contribution is 0.714. The van der Waals surface area contributed by atoms with E-state index in [0.29, 0.717) is 0 Å². The van der Waals surface area contributed by atoms with E-state index in [-0.39, 0.29) is 5.41 Å². The Bertz CT molecular complexity index is 820. The fourth-order valence-electron chi connectivity index (χ4n) is 3.65. The second-order valence-electron chi connectivity index (χ2n) is 5.81. The maximum absolute atomic E-state index is 6.29. The molecule has 2 N–H and O–H groups in total. The quantitative estimate of drug-likeness (QED) is 0.643. The third kappa shape index (κ3) is 1.52. The predicted octanol–water partition coefficient (Wildman–Crippen LogP) is 4.60. The standard InChI is InChI=1S/C20H17N/c1-20(14-8-3-2-4-9-14)16-11-6-5-10-15(16)19-17(20)12-7-13-18(19)21/h2-13H,21H2,1H3. The molecule has 0 bridgehead atoms. The minimum Gasteiger partial charge on any atom is -0.398 e. The molecule has 0 fully saturated rings. The number of rotatable bonds is 1. The number of anilines is 1. The van der Waals surface area contributed by atoms with E-state index in [9.17, 15) is 0 Å². The highest BCUT2D eigenvalue weighted by Crippen LogP contribution is 2.53. The third-order valence-electron chi connectivity index (χ3n) is 4.72. The Kier molecular flexibility index (Phi) is 2.46. The summed E-state index contributed by atoms with van der Waals surface area (Å²) >= 11 is 0. The molecule has 0 heterocycles. The van der Waals surface area contributed by atoms with Crippen LogP contribution in [0.1, 0.15) is 23.6 Å². The molecule has 0 aliphatic heterocycles. The minimum atomic E-state index is -0.136. The number of nitrogen functional groups attached to an aromatic ring is 1. The molecule has 1 aliphatic carbocycles. The first-order chi connectivity index (χ1) is 10.2. The summed E-state index contributed by atoms with van der Waals surface area (Å²) in [5, 5.41) is 0. The molecule has 3 aromatic rings. The Balaban J connectivity index is 2.13. The van der Waals surface area contributed by atoms with Crippen molar-refractivity contribution in [2.24, 2.45) is 0 Å². The van der Waals surface area contributed by atoms with Crippen LogP contribution in [0.2, 0.25) is 0 Å². The van der Waals surface area contributed by atoms with Gasteiger partial charge in [-0.1, -0.05) is 66.7 Å². The first kappa shape index (κ1) is 12.2. The van der Waals surface area contributed by atoms with Crippen molar-refractivity contribution in [2.75, 3.05) is 5.73 Å². The zero-order chi connectivity index (χ0) is 14.4. The van der Waals surface area contributed by atoms with Gasteiger partial charge in [-0.25, -0.2) is 0 Å². The van der Waals surface area contributed by atoms with Crippen LogP contribution in [0.15, 0.2) is 72.8 Å². The van der Waals surface area contributed by atoms with E-state index in [2.05, 4.69) is 73.7 Å². The fraction of sp³-hybridized carbons (Fsp3) is 0.100. The van der Waals surface area contributed by atoms with E-state index >= 15 is 0 Å². The van der Waals surface area contributed by atoms with Gasteiger partial charge in [0.05, 0.1) is 0 Å². The zero-order valence-corrected chi connectivity index (χ0v) is 12.0. The molecule has 0 saturated carbocycles. The van der Waals surface area contributed by atoms with Crippen molar-refractivity contribution in [3.8, 4) is 11.1 Å². The molecule has 102 valence electrons. The van der Waals surface area contributed by atoms with Crippen LogP contribution in [0.3, 0.4) is 0 Å². The van der Waals surface area contributed by atoms with Gasteiger partial charge in [0.2, 0.25) is 0 Å². The van der Waals surface area contributed by atoms with Crippen LogP contribution in [0.4, 0.5) is 5.69 Å². The van der Waals surface area contributed by atoms with Gasteiger partial charge in [0.25, 0.3) is 0 Å². The van der Waals surface area contributed by atoms with Crippen LogP contribution in [0.5, 0.6) is 0 Å². The number of hydrogen-bond donors (Lipinski definition) is 1. The molecule has 1 nitrogen and oxygen atoms in total. The Labute approximate surface area is 125 Å². The zero-order valence-electron chi connectivity index (χ0n) is 12.0. The van der Waals surface area contributed by atoms with E-state index in [1.165, 1.54) is 27.8 Å². The van der Waals surface area contributed by atoms with Gasteiger partial charge in [0, 0.05) is 16.7 Å². The predicted molar refractivity (Wildman–Crippen MR) is 88.3 cm³/mol. The normalized spacial score (nSPS) is 19.1. The Hall–Kier alpha value is -2.54. The SMILES string of the molecule is CC1(c2ccccc2)c2ccccc2-c2c(N)cccc21. The molecule has 0 radical (unpaired) electrons. The maximum Gasteiger partial charge on any atom is 0.0436 e. The average molecular weight is 271 g/mol. The summed E-state index contributed by atoms with van der Waals surface area (Å²) in [6.07, 6.45) is 0. The molecular weight excluding hydrogens is 254 g/mol. The first-order valence-corrected chi connectivity index (χ1v) is 7.27. The van der Waals surface area contributed by atoms with Gasteiger partial charge in [0.15, 0.2) is 0 Å². The Morgan fingerprint density at radius 2 is 1.38 bits per heavy atom. The average Bonchev–Trinajstić information content (AvgIpc) is 2.81. The molecule has 21 heavy (non-hydrogen) atoms. The minimum absolute atomic E-state index is 0.136. The highest BCUT2D eigenvalue weighted by atomic mass is 14.6. The largest absolute Gasteiger partial charge is 0.398 e. The van der Waals surface area contributed by atoms with Gasteiger partial charge >= 0.3 is 0 Å². The lowest BCUT2D eigenvalue weighted by Gasteiger charge is -2.28. The van der Waals surface area contributed by atoms with E-state index in [4.69, 9.17) is 5.73 Å². The van der Waals surface area contributed by atoms with Gasteiger partial charge < -0.3 is 5.73 Å². The van der Waals surface area contributed by atoms with Crippen LogP contribution in [-0.4, -0.2) is 0 Å². The molecule has 0 amide bonds. The van der Waals surface area contributed by atoms with E-state index in [0.717, 1.165) is 5.69 Å². The van der Waals surface area contributed by atoms with E-state index in [1.807, 2.05) is 6.07 Å². The van der Waals surface area contributed by atoms with Crippen molar-refractivity contribution in [1.29, 1.82) is 0 Å². The van der Waals surface area contributed by atoms with Gasteiger partial charge in [-0.2, -0.15) is 0 Å². The van der Waals surface area contributed by atoms with Crippen molar-refractivity contribution in [3.05, 3.63) is 89.5 Å². The van der Waals surface area contributed by atoms with Crippen LogP contribution >= 0.6 is 0 Å². The fourth-order valence-corrected chi connectivity index (χ4v) is 3.65. The van der Waals surface area contributed by atoms with Crippen molar-refractivity contribution in [3.63, 3.8) is 0 Å². The molecule has 1 atom stereocenters. The highest BCUT2D eigenvalue weighted by molar-refractivity contribution is 5.90. The van der Waals surface area contributed by atoms with E-state index in [1.54, 1.807) is 0 Å². The third-order valence-corrected chi connectivity index (χ3v) is 4.72. The molecule has 1 aliphatic rings. The monoisotopic (exact) mass is 271 g/mol. The first-order valence-electron chi connectivity index (χ1n) is 7.27. The summed E-state index contributed by atoms with van der Waals surface area (Å²) < 4.78 is 0. The summed E-state index contributed by atoms with van der Waals surface area (Å²) in [6.45, 7) is 2.30. The Morgan fingerprint density at radius 1 is 0.714 bits per heavy atom. The summed E-state index contributed by atoms with van der Waals surface area (Å²) in [5.74, 6) is 0. The van der Waals surface area contributed by atoms with Crippen LogP contribution < -0.4 is 5.73 Å². The van der Waals surface area contributed by atoms with Crippen molar-refractivity contribution in [1.82, 2.24) is 0 Å². The summed E-state index contributed by atoms with van der Waals surface area (Å²) in [4.78, 5) is 0. The second-order valence-corrected chi connectivity index (χ2v) is 5.81. The van der Waals surface area contributed by atoms with Gasteiger partial charge in [-0.05, 0) is 35.2 Å². The molecule has 1 unspecified atom stereocenters. The summed E-state index contributed by atoms with van der Waals surface area (Å²) in [7, 11) is 0. The highest BCUT2D eigenvalue weighted by Gasteiger charge is 2.41. The molecule has 4 rings (SSSR count).